The molecule has 0 spiro atoms. The van der Waals surface area contributed by atoms with Crippen molar-refractivity contribution in [3.05, 3.63) is 335 Å². The maximum atomic E-state index is 2.50. The first-order valence-corrected chi connectivity index (χ1v) is 27.1. The molecule has 77 heavy (non-hydrogen) atoms. The molecule has 0 N–H and O–H groups in total. The summed E-state index contributed by atoms with van der Waals surface area (Å²) in [6.45, 7) is 4.76. The van der Waals surface area contributed by atoms with Crippen LogP contribution in [0.2, 0.25) is 0 Å². The summed E-state index contributed by atoms with van der Waals surface area (Å²) in [6, 6.07) is 105. The van der Waals surface area contributed by atoms with E-state index < -0.39 is 10.8 Å². The summed E-state index contributed by atoms with van der Waals surface area (Å²) < 4.78 is 2.47. The molecule has 2 heteroatoms. The first kappa shape index (κ1) is 43.9. The monoisotopic (exact) mass is 980 g/mol. The highest BCUT2D eigenvalue weighted by atomic mass is 15.1. The lowest BCUT2D eigenvalue weighted by atomic mass is 9.51. The molecule has 1 heterocycles. The van der Waals surface area contributed by atoms with Crippen molar-refractivity contribution in [3.8, 4) is 27.9 Å². The first-order chi connectivity index (χ1) is 38.0. The minimum atomic E-state index is -0.698. The van der Waals surface area contributed by atoms with Gasteiger partial charge in [-0.2, -0.15) is 0 Å². The maximum Gasteiger partial charge on any atom is 0.0720 e. The predicted molar refractivity (Wildman–Crippen MR) is 320 cm³/mol. The number of fused-ring (bicyclic) bond motifs is 13. The molecule has 13 aromatic rings. The number of rotatable bonds is 7. The lowest BCUT2D eigenvalue weighted by molar-refractivity contribution is 0.627. The molecule has 2 nitrogen and oxygen atoms in total. The third-order valence-corrected chi connectivity index (χ3v) is 17.9. The van der Waals surface area contributed by atoms with Crippen molar-refractivity contribution >= 4 is 49.6 Å². The molecular weight excluding hydrogens is 929 g/mol. The highest BCUT2D eigenvalue weighted by Gasteiger charge is 2.57. The van der Waals surface area contributed by atoms with Crippen molar-refractivity contribution in [2.45, 2.75) is 30.1 Å². The fraction of sp³-hybridized carbons (Fsp3) is 0.0667. The minimum Gasteiger partial charge on any atom is -0.310 e. The van der Waals surface area contributed by atoms with Gasteiger partial charge in [-0.15, -0.1) is 0 Å². The Kier molecular flexibility index (Phi) is 9.26. The smallest absolute Gasteiger partial charge is 0.0720 e. The Bertz CT molecular complexity index is 4540. The fourth-order valence-electron chi connectivity index (χ4n) is 14.8. The number of para-hydroxylation sites is 1. The molecule has 0 amide bonds. The normalized spacial score (nSPS) is 17.2. The molecule has 0 aliphatic heterocycles. The molecule has 16 rings (SSSR count). The van der Waals surface area contributed by atoms with Gasteiger partial charge in [-0.1, -0.05) is 238 Å². The van der Waals surface area contributed by atoms with E-state index in [1.165, 1.54) is 110 Å². The van der Waals surface area contributed by atoms with Gasteiger partial charge in [-0.25, -0.2) is 0 Å². The molecule has 3 aliphatic rings. The Morgan fingerprint density at radius 2 is 0.844 bits per heavy atom. The van der Waals surface area contributed by atoms with Gasteiger partial charge >= 0.3 is 0 Å². The third kappa shape index (κ3) is 5.85. The summed E-state index contributed by atoms with van der Waals surface area (Å²) in [5.41, 5.74) is 23.7. The minimum absolute atomic E-state index is 0.182. The van der Waals surface area contributed by atoms with Crippen LogP contribution in [0.1, 0.15) is 69.5 Å². The van der Waals surface area contributed by atoms with E-state index in [9.17, 15) is 0 Å². The molecule has 0 radical (unpaired) electrons. The van der Waals surface area contributed by atoms with Gasteiger partial charge in [-0.3, -0.25) is 0 Å². The van der Waals surface area contributed by atoms with Crippen LogP contribution in [0.25, 0.3) is 60.5 Å². The van der Waals surface area contributed by atoms with Gasteiger partial charge in [0.1, 0.15) is 0 Å². The van der Waals surface area contributed by atoms with Crippen LogP contribution in [-0.4, -0.2) is 4.57 Å². The molecule has 12 aromatic carbocycles. The molecule has 0 saturated carbocycles. The van der Waals surface area contributed by atoms with Crippen LogP contribution in [0.4, 0.5) is 17.1 Å². The van der Waals surface area contributed by atoms with Crippen molar-refractivity contribution in [1.82, 2.24) is 4.57 Å². The van der Waals surface area contributed by atoms with Gasteiger partial charge in [0.15, 0.2) is 0 Å². The van der Waals surface area contributed by atoms with E-state index >= 15 is 0 Å². The number of nitrogens with zero attached hydrogens (tertiary/aromatic N) is 2. The standard InChI is InChI=1S/C75H52N2/c1-73(2)64-33-14-11-29-58(64)60-46-44-56(48-69(60)73)76(53-40-42-54(43-41-53)77-70-38-18-13-31-61(70)63-45-39-49-21-9-10-28-57(49)72(63)77)55-27-19-26-52(47-55)74(50-22-5-3-6-23-50)66-35-16-17-36-67(66)75(51-24-7-4-8-25-51)65-34-15-12-30-59(65)62-32-20-37-68(74)71(62)75/h3-48H,1-2H3. The molecule has 0 saturated heterocycles. The number of hydrogen-bond donors (Lipinski definition) is 0. The molecule has 2 atom stereocenters. The van der Waals surface area contributed by atoms with Crippen molar-refractivity contribution in [3.63, 3.8) is 0 Å². The van der Waals surface area contributed by atoms with E-state index in [1.807, 2.05) is 0 Å². The highest BCUT2D eigenvalue weighted by Crippen LogP contribution is 2.66. The third-order valence-electron chi connectivity index (χ3n) is 17.9. The van der Waals surface area contributed by atoms with E-state index in [4.69, 9.17) is 0 Å². The molecule has 362 valence electrons. The molecule has 0 bridgehead atoms. The first-order valence-electron chi connectivity index (χ1n) is 27.1. The van der Waals surface area contributed by atoms with E-state index in [0.717, 1.165) is 22.7 Å². The Morgan fingerprint density at radius 1 is 0.312 bits per heavy atom. The second-order valence-electron chi connectivity index (χ2n) is 21.9. The van der Waals surface area contributed by atoms with Gasteiger partial charge < -0.3 is 9.47 Å². The van der Waals surface area contributed by atoms with Crippen molar-refractivity contribution in [2.24, 2.45) is 0 Å². The van der Waals surface area contributed by atoms with Crippen LogP contribution in [0.15, 0.2) is 279 Å². The summed E-state index contributed by atoms with van der Waals surface area (Å²) in [5.74, 6) is 0. The molecule has 2 unspecified atom stereocenters. The number of benzene rings is 12. The second-order valence-corrected chi connectivity index (χ2v) is 21.9. The van der Waals surface area contributed by atoms with Crippen LogP contribution in [0.3, 0.4) is 0 Å². The van der Waals surface area contributed by atoms with Crippen LogP contribution >= 0.6 is 0 Å². The van der Waals surface area contributed by atoms with Crippen LogP contribution in [0, 0.1) is 0 Å². The van der Waals surface area contributed by atoms with Crippen molar-refractivity contribution < 1.29 is 0 Å². The summed E-state index contributed by atoms with van der Waals surface area (Å²) in [6.07, 6.45) is 0. The number of aromatic nitrogens is 1. The SMILES string of the molecule is CC1(C)c2ccccc2-c2ccc(N(c3ccc(-n4c5ccccc5c5ccc6ccccc6c54)cc3)c3cccc(C4(c5ccccc5)c5ccccc5C5(c6ccccc6)c6ccccc6-c6cccc4c65)c3)cc21. The van der Waals surface area contributed by atoms with E-state index in [2.05, 4.69) is 302 Å². The predicted octanol–water partition coefficient (Wildman–Crippen LogP) is 18.8. The van der Waals surface area contributed by atoms with E-state index in [1.54, 1.807) is 0 Å². The summed E-state index contributed by atoms with van der Waals surface area (Å²) >= 11 is 0. The lowest BCUT2D eigenvalue weighted by Gasteiger charge is -2.49. The summed E-state index contributed by atoms with van der Waals surface area (Å²) in [7, 11) is 0. The van der Waals surface area contributed by atoms with Crippen LogP contribution < -0.4 is 4.90 Å². The van der Waals surface area contributed by atoms with E-state index in [-0.39, 0.29) is 5.41 Å². The second kappa shape index (κ2) is 16.3. The van der Waals surface area contributed by atoms with Crippen LogP contribution in [-0.2, 0) is 16.2 Å². The summed E-state index contributed by atoms with van der Waals surface area (Å²) in [5, 5.41) is 4.99. The number of anilines is 3. The Labute approximate surface area is 449 Å². The zero-order chi connectivity index (χ0) is 51.0. The molecule has 0 fully saturated rings. The Balaban J connectivity index is 0.949. The maximum absolute atomic E-state index is 2.50. The van der Waals surface area contributed by atoms with Crippen molar-refractivity contribution in [2.75, 3.05) is 4.90 Å². The lowest BCUT2D eigenvalue weighted by Crippen LogP contribution is -2.44. The van der Waals surface area contributed by atoms with Crippen LogP contribution in [0.5, 0.6) is 0 Å². The average Bonchev–Trinajstić information content (AvgIpc) is 4.31. The molecule has 3 aliphatic carbocycles. The van der Waals surface area contributed by atoms with Crippen molar-refractivity contribution in [1.29, 1.82) is 0 Å². The van der Waals surface area contributed by atoms with Gasteiger partial charge in [0, 0.05) is 44.3 Å². The largest absolute Gasteiger partial charge is 0.310 e. The molecular formula is C75H52N2. The van der Waals surface area contributed by atoms with Gasteiger partial charge in [-0.05, 0) is 138 Å². The summed E-state index contributed by atoms with van der Waals surface area (Å²) in [4.78, 5) is 2.50. The Morgan fingerprint density at radius 3 is 1.61 bits per heavy atom. The highest BCUT2D eigenvalue weighted by molar-refractivity contribution is 6.18. The van der Waals surface area contributed by atoms with Gasteiger partial charge in [0.25, 0.3) is 0 Å². The van der Waals surface area contributed by atoms with Gasteiger partial charge in [0.2, 0.25) is 0 Å². The number of hydrogen-bond acceptors (Lipinski definition) is 1. The molecule has 1 aromatic heterocycles. The van der Waals surface area contributed by atoms with Gasteiger partial charge in [0.05, 0.1) is 21.9 Å². The topological polar surface area (TPSA) is 8.17 Å². The zero-order valence-electron chi connectivity index (χ0n) is 43.0. The average molecular weight is 981 g/mol. The zero-order valence-corrected chi connectivity index (χ0v) is 43.0. The Hall–Kier alpha value is -9.50. The van der Waals surface area contributed by atoms with E-state index in [0.29, 0.717) is 0 Å². The quantitative estimate of drug-likeness (QED) is 0.154. The fourth-order valence-corrected chi connectivity index (χ4v) is 14.8.